The van der Waals surface area contributed by atoms with Gasteiger partial charge in [0.2, 0.25) is 0 Å². The van der Waals surface area contributed by atoms with E-state index in [1.807, 2.05) is 25.1 Å². The van der Waals surface area contributed by atoms with Crippen LogP contribution in [0.25, 0.3) is 11.0 Å². The number of nitrogens with zero attached hydrogens (tertiary/aromatic N) is 3. The third-order valence-electron chi connectivity index (χ3n) is 5.86. The van der Waals surface area contributed by atoms with Gasteiger partial charge in [-0.2, -0.15) is 0 Å². The normalized spacial score (nSPS) is 15.4. The van der Waals surface area contributed by atoms with E-state index in [1.54, 1.807) is 0 Å². The van der Waals surface area contributed by atoms with Crippen molar-refractivity contribution < 1.29 is 4.79 Å². The number of hydrogen-bond donors (Lipinski definition) is 2. The van der Waals surface area contributed by atoms with Crippen LogP contribution in [0.15, 0.2) is 54.6 Å². The standard InChI is InChI=1S/C24H31N5O/c1-19-26-22-10-5-6-11-23(22)29(19)15-7-14-25-24(30)27-21-12-16-28(17-13-21)18-20-8-3-2-4-9-20/h2-6,8-11,21H,7,12-18H2,1H3,(H2,25,27,30). The number of carbonyl (C=O) groups excluding carboxylic acids is 1. The Balaban J connectivity index is 1.15. The number of likely N-dealkylation sites (tertiary alicyclic amines) is 1. The van der Waals surface area contributed by atoms with E-state index < -0.39 is 0 Å². The molecule has 1 aromatic heterocycles. The van der Waals surface area contributed by atoms with Crippen molar-refractivity contribution >= 4 is 17.1 Å². The number of hydrogen-bond acceptors (Lipinski definition) is 3. The maximum absolute atomic E-state index is 12.3. The van der Waals surface area contributed by atoms with Gasteiger partial charge in [0.25, 0.3) is 0 Å². The van der Waals surface area contributed by atoms with Gasteiger partial charge < -0.3 is 15.2 Å². The summed E-state index contributed by atoms with van der Waals surface area (Å²) in [5.74, 6) is 1.02. The molecule has 1 fully saturated rings. The van der Waals surface area contributed by atoms with Crippen molar-refractivity contribution in [2.45, 2.75) is 45.3 Å². The van der Waals surface area contributed by atoms with Crippen LogP contribution in [0.1, 0.15) is 30.7 Å². The van der Waals surface area contributed by atoms with Crippen LogP contribution in [0, 0.1) is 6.92 Å². The molecule has 30 heavy (non-hydrogen) atoms. The van der Waals surface area contributed by atoms with Crippen LogP contribution in [0.4, 0.5) is 4.79 Å². The molecule has 0 bridgehead atoms. The van der Waals surface area contributed by atoms with E-state index in [1.165, 1.54) is 5.56 Å². The van der Waals surface area contributed by atoms with Gasteiger partial charge in [-0.3, -0.25) is 4.90 Å². The third kappa shape index (κ3) is 5.19. The molecular weight excluding hydrogens is 374 g/mol. The van der Waals surface area contributed by atoms with Gasteiger partial charge in [-0.05, 0) is 43.9 Å². The maximum atomic E-state index is 12.3. The van der Waals surface area contributed by atoms with Gasteiger partial charge >= 0.3 is 6.03 Å². The van der Waals surface area contributed by atoms with Crippen LogP contribution >= 0.6 is 0 Å². The predicted molar refractivity (Wildman–Crippen MR) is 120 cm³/mol. The first-order chi connectivity index (χ1) is 14.7. The fourth-order valence-corrected chi connectivity index (χ4v) is 4.23. The molecule has 0 spiro atoms. The summed E-state index contributed by atoms with van der Waals surface area (Å²) in [6, 6.07) is 19.0. The number of imidazole rings is 1. The van der Waals surface area contributed by atoms with Crippen molar-refractivity contribution in [3.63, 3.8) is 0 Å². The molecule has 6 nitrogen and oxygen atoms in total. The van der Waals surface area contributed by atoms with E-state index in [0.717, 1.165) is 62.3 Å². The van der Waals surface area contributed by atoms with Gasteiger partial charge in [0.1, 0.15) is 5.82 Å². The van der Waals surface area contributed by atoms with Crippen molar-refractivity contribution in [2.75, 3.05) is 19.6 Å². The molecule has 3 aromatic rings. The number of benzene rings is 2. The van der Waals surface area contributed by atoms with Crippen molar-refractivity contribution in [3.8, 4) is 0 Å². The Kier molecular flexibility index (Phi) is 6.64. The van der Waals surface area contributed by atoms with Crippen LogP contribution in [0.3, 0.4) is 0 Å². The largest absolute Gasteiger partial charge is 0.338 e. The zero-order chi connectivity index (χ0) is 20.8. The number of aryl methyl sites for hydroxylation is 2. The number of urea groups is 1. The molecule has 0 unspecified atom stereocenters. The lowest BCUT2D eigenvalue weighted by Crippen LogP contribution is -2.47. The highest BCUT2D eigenvalue weighted by Crippen LogP contribution is 2.16. The molecule has 2 heterocycles. The smallest absolute Gasteiger partial charge is 0.315 e. The summed E-state index contributed by atoms with van der Waals surface area (Å²) in [7, 11) is 0. The number of rotatable bonds is 7. The summed E-state index contributed by atoms with van der Waals surface area (Å²) >= 11 is 0. The topological polar surface area (TPSA) is 62.2 Å². The highest BCUT2D eigenvalue weighted by atomic mass is 16.2. The summed E-state index contributed by atoms with van der Waals surface area (Å²) in [4.78, 5) is 19.3. The van der Waals surface area contributed by atoms with Gasteiger partial charge in [0, 0.05) is 38.8 Å². The van der Waals surface area contributed by atoms with Gasteiger partial charge in [-0.25, -0.2) is 9.78 Å². The monoisotopic (exact) mass is 405 g/mol. The second-order valence-electron chi connectivity index (χ2n) is 8.09. The number of amides is 2. The van der Waals surface area contributed by atoms with Crippen LogP contribution in [-0.2, 0) is 13.1 Å². The Morgan fingerprint density at radius 2 is 1.80 bits per heavy atom. The lowest BCUT2D eigenvalue weighted by molar-refractivity contribution is 0.186. The first-order valence-electron chi connectivity index (χ1n) is 10.9. The third-order valence-corrected chi connectivity index (χ3v) is 5.86. The first-order valence-corrected chi connectivity index (χ1v) is 10.9. The summed E-state index contributed by atoms with van der Waals surface area (Å²) in [5, 5.41) is 6.16. The quantitative estimate of drug-likeness (QED) is 0.589. The van der Waals surface area contributed by atoms with Crippen LogP contribution in [0.2, 0.25) is 0 Å². The van der Waals surface area contributed by atoms with Crippen molar-refractivity contribution in [2.24, 2.45) is 0 Å². The molecule has 1 aliphatic heterocycles. The number of aromatic nitrogens is 2. The zero-order valence-corrected chi connectivity index (χ0v) is 17.7. The number of carbonyl (C=O) groups is 1. The maximum Gasteiger partial charge on any atom is 0.315 e. The van der Waals surface area contributed by atoms with Crippen molar-refractivity contribution in [1.29, 1.82) is 0 Å². The lowest BCUT2D eigenvalue weighted by atomic mass is 10.0. The molecular formula is C24H31N5O. The van der Waals surface area contributed by atoms with E-state index >= 15 is 0 Å². The minimum Gasteiger partial charge on any atom is -0.338 e. The number of nitrogens with one attached hydrogen (secondary N) is 2. The Morgan fingerprint density at radius 1 is 1.07 bits per heavy atom. The second-order valence-corrected chi connectivity index (χ2v) is 8.09. The summed E-state index contributed by atoms with van der Waals surface area (Å²) < 4.78 is 2.22. The van der Waals surface area contributed by atoms with Gasteiger partial charge in [-0.15, -0.1) is 0 Å². The highest BCUT2D eigenvalue weighted by Gasteiger charge is 2.20. The first kappa shape index (κ1) is 20.4. The van der Waals surface area contributed by atoms with Crippen molar-refractivity contribution in [1.82, 2.24) is 25.1 Å². The van der Waals surface area contributed by atoms with Crippen LogP contribution in [0.5, 0.6) is 0 Å². The SMILES string of the molecule is Cc1nc2ccccc2n1CCCNC(=O)NC1CCN(Cc2ccccc2)CC1. The van der Waals surface area contributed by atoms with E-state index in [0.29, 0.717) is 6.54 Å². The molecule has 2 amide bonds. The average molecular weight is 406 g/mol. The summed E-state index contributed by atoms with van der Waals surface area (Å²) in [6.07, 6.45) is 2.88. The molecule has 0 atom stereocenters. The van der Waals surface area contributed by atoms with E-state index in [2.05, 4.69) is 61.5 Å². The van der Waals surface area contributed by atoms with Crippen LogP contribution in [-0.4, -0.2) is 46.2 Å². The zero-order valence-electron chi connectivity index (χ0n) is 17.7. The molecule has 1 aliphatic rings. The molecule has 2 aromatic carbocycles. The highest BCUT2D eigenvalue weighted by molar-refractivity contribution is 5.76. The molecule has 4 rings (SSSR count). The molecule has 0 radical (unpaired) electrons. The molecule has 0 aliphatic carbocycles. The van der Waals surface area contributed by atoms with Gasteiger partial charge in [0.05, 0.1) is 11.0 Å². The summed E-state index contributed by atoms with van der Waals surface area (Å²) in [5.41, 5.74) is 3.53. The number of fused-ring (bicyclic) bond motifs is 1. The predicted octanol–water partition coefficient (Wildman–Crippen LogP) is 3.70. The van der Waals surface area contributed by atoms with E-state index in [9.17, 15) is 4.79 Å². The Bertz CT molecular complexity index is 960. The van der Waals surface area contributed by atoms with Crippen molar-refractivity contribution in [3.05, 3.63) is 66.0 Å². The Labute approximate surface area is 178 Å². The fraction of sp³-hybridized carbons (Fsp3) is 0.417. The molecule has 1 saturated heterocycles. The molecule has 0 saturated carbocycles. The minimum absolute atomic E-state index is 0.0521. The number of piperidine rings is 1. The lowest BCUT2D eigenvalue weighted by Gasteiger charge is -2.32. The van der Waals surface area contributed by atoms with E-state index in [4.69, 9.17) is 0 Å². The van der Waals surface area contributed by atoms with Gasteiger partial charge in [-0.1, -0.05) is 42.5 Å². The number of para-hydroxylation sites is 2. The second kappa shape index (κ2) is 9.76. The Hall–Kier alpha value is -2.86. The minimum atomic E-state index is -0.0521. The van der Waals surface area contributed by atoms with Crippen LogP contribution < -0.4 is 10.6 Å². The van der Waals surface area contributed by atoms with E-state index in [-0.39, 0.29) is 12.1 Å². The fourth-order valence-electron chi connectivity index (χ4n) is 4.23. The molecule has 6 heteroatoms. The average Bonchev–Trinajstić information content (AvgIpc) is 3.08. The summed E-state index contributed by atoms with van der Waals surface area (Å²) in [6.45, 7) is 6.57. The molecule has 2 N–H and O–H groups in total. The molecule has 158 valence electrons. The Morgan fingerprint density at radius 3 is 2.60 bits per heavy atom. The van der Waals surface area contributed by atoms with Gasteiger partial charge in [0.15, 0.2) is 0 Å².